The molecule has 1 aliphatic carbocycles. The number of alkyl carbamates (subject to hydrolysis) is 1. The van der Waals surface area contributed by atoms with Crippen LogP contribution in [0.4, 0.5) is 4.79 Å². The van der Waals surface area contributed by atoms with Gasteiger partial charge in [-0.15, -0.1) is 0 Å². The van der Waals surface area contributed by atoms with Crippen LogP contribution in [-0.2, 0) is 19.1 Å². The first-order chi connectivity index (χ1) is 16.6. The lowest BCUT2D eigenvalue weighted by molar-refractivity contribution is -0.145. The van der Waals surface area contributed by atoms with Crippen LogP contribution >= 0.6 is 0 Å². The van der Waals surface area contributed by atoms with Gasteiger partial charge in [-0.1, -0.05) is 48.5 Å². The quantitative estimate of drug-likeness (QED) is 0.389. The molecular formula is C26H31N3O5. The fourth-order valence-corrected chi connectivity index (χ4v) is 4.72. The van der Waals surface area contributed by atoms with Gasteiger partial charge in [-0.3, -0.25) is 4.79 Å². The molecule has 3 N–H and O–H groups in total. The summed E-state index contributed by atoms with van der Waals surface area (Å²) in [5.41, 5.74) is 4.67. The van der Waals surface area contributed by atoms with Crippen molar-refractivity contribution in [1.82, 2.24) is 16.0 Å². The second-order valence-electron chi connectivity index (χ2n) is 8.63. The number of amides is 2. The summed E-state index contributed by atoms with van der Waals surface area (Å²) in [6, 6.07) is 15.3. The van der Waals surface area contributed by atoms with Crippen LogP contribution in [0.1, 0.15) is 42.7 Å². The minimum absolute atomic E-state index is 0.00117. The van der Waals surface area contributed by atoms with Crippen molar-refractivity contribution in [1.29, 1.82) is 0 Å². The number of carbonyl (C=O) groups excluding carboxylic acids is 3. The van der Waals surface area contributed by atoms with Gasteiger partial charge >= 0.3 is 12.1 Å². The normalized spacial score (nSPS) is 17.4. The number of esters is 1. The van der Waals surface area contributed by atoms with Crippen LogP contribution < -0.4 is 16.0 Å². The number of hydrogen-bond acceptors (Lipinski definition) is 6. The third kappa shape index (κ3) is 5.39. The predicted molar refractivity (Wildman–Crippen MR) is 127 cm³/mol. The van der Waals surface area contributed by atoms with Crippen LogP contribution in [0.2, 0.25) is 0 Å². The molecule has 0 bridgehead atoms. The molecular weight excluding hydrogens is 434 g/mol. The summed E-state index contributed by atoms with van der Waals surface area (Å²) in [5.74, 6) is -0.689. The highest BCUT2D eigenvalue weighted by Crippen LogP contribution is 2.44. The van der Waals surface area contributed by atoms with Gasteiger partial charge in [0.25, 0.3) is 0 Å². The van der Waals surface area contributed by atoms with E-state index in [1.807, 2.05) is 24.3 Å². The molecule has 1 aliphatic heterocycles. The minimum Gasteiger partial charge on any atom is -0.467 e. The van der Waals surface area contributed by atoms with E-state index in [0.29, 0.717) is 19.4 Å². The van der Waals surface area contributed by atoms with Crippen molar-refractivity contribution in [2.45, 2.75) is 43.7 Å². The maximum atomic E-state index is 12.3. The van der Waals surface area contributed by atoms with Gasteiger partial charge in [0.15, 0.2) is 0 Å². The maximum absolute atomic E-state index is 12.3. The highest BCUT2D eigenvalue weighted by molar-refractivity contribution is 5.87. The zero-order valence-electron chi connectivity index (χ0n) is 19.3. The second kappa shape index (κ2) is 11.2. The van der Waals surface area contributed by atoms with Crippen LogP contribution in [0.15, 0.2) is 48.5 Å². The zero-order chi connectivity index (χ0) is 23.9. The Bertz CT molecular complexity index is 989. The van der Waals surface area contributed by atoms with Gasteiger partial charge in [-0.25, -0.2) is 9.59 Å². The Kier molecular flexibility index (Phi) is 7.80. The van der Waals surface area contributed by atoms with Crippen molar-refractivity contribution in [3.8, 4) is 11.1 Å². The van der Waals surface area contributed by atoms with Crippen molar-refractivity contribution in [3.63, 3.8) is 0 Å². The smallest absolute Gasteiger partial charge is 0.407 e. The number of ether oxygens (including phenoxy) is 2. The summed E-state index contributed by atoms with van der Waals surface area (Å²) in [4.78, 5) is 36.7. The van der Waals surface area contributed by atoms with Gasteiger partial charge in [-0.05, 0) is 54.5 Å². The number of methoxy groups -OCH3 is 1. The number of hydrogen-bond donors (Lipinski definition) is 3. The van der Waals surface area contributed by atoms with Crippen molar-refractivity contribution < 1.29 is 23.9 Å². The molecule has 0 radical (unpaired) electrons. The lowest BCUT2D eigenvalue weighted by Crippen LogP contribution is -2.48. The Labute approximate surface area is 199 Å². The van der Waals surface area contributed by atoms with Gasteiger partial charge in [0.1, 0.15) is 12.6 Å². The molecule has 4 rings (SSSR count). The van der Waals surface area contributed by atoms with Crippen LogP contribution in [0, 0.1) is 0 Å². The fraction of sp³-hybridized carbons (Fsp3) is 0.423. The molecule has 0 spiro atoms. The summed E-state index contributed by atoms with van der Waals surface area (Å²) in [7, 11) is 1.30. The third-order valence-electron chi connectivity index (χ3n) is 6.46. The first-order valence-corrected chi connectivity index (χ1v) is 11.8. The van der Waals surface area contributed by atoms with Crippen LogP contribution in [-0.4, -0.2) is 56.9 Å². The molecule has 1 fully saturated rings. The van der Waals surface area contributed by atoms with Gasteiger partial charge < -0.3 is 25.4 Å². The summed E-state index contributed by atoms with van der Waals surface area (Å²) >= 11 is 0. The molecule has 0 saturated carbocycles. The Hall–Kier alpha value is -3.39. The molecule has 2 amide bonds. The molecule has 2 aromatic carbocycles. The summed E-state index contributed by atoms with van der Waals surface area (Å²) in [5, 5.41) is 8.61. The Morgan fingerprint density at radius 2 is 1.74 bits per heavy atom. The molecule has 8 heteroatoms. The SMILES string of the molecule is COC(=O)C(CCCNC(=O)OCC1c2ccccc2-c2ccccc21)NC(=O)[C@@H]1CCCN1. The molecule has 2 aliphatic rings. The molecule has 1 unspecified atom stereocenters. The molecule has 1 saturated heterocycles. The second-order valence-corrected chi connectivity index (χ2v) is 8.63. The maximum Gasteiger partial charge on any atom is 0.407 e. The minimum atomic E-state index is -0.746. The molecule has 2 aromatic rings. The van der Waals surface area contributed by atoms with E-state index in [4.69, 9.17) is 9.47 Å². The predicted octanol–water partition coefficient (Wildman–Crippen LogP) is 2.72. The Morgan fingerprint density at radius 1 is 1.06 bits per heavy atom. The summed E-state index contributed by atoms with van der Waals surface area (Å²) in [6.45, 7) is 1.36. The molecule has 1 heterocycles. The number of benzene rings is 2. The number of fused-ring (bicyclic) bond motifs is 3. The van der Waals surface area contributed by atoms with E-state index in [9.17, 15) is 14.4 Å². The first kappa shape index (κ1) is 23.8. The van der Waals surface area contributed by atoms with Gasteiger partial charge in [-0.2, -0.15) is 0 Å². The Balaban J connectivity index is 1.23. The highest BCUT2D eigenvalue weighted by atomic mass is 16.5. The zero-order valence-corrected chi connectivity index (χ0v) is 19.3. The van der Waals surface area contributed by atoms with Crippen molar-refractivity contribution in [3.05, 3.63) is 59.7 Å². The van der Waals surface area contributed by atoms with Crippen LogP contribution in [0.5, 0.6) is 0 Å². The molecule has 180 valence electrons. The largest absolute Gasteiger partial charge is 0.467 e. The van der Waals surface area contributed by atoms with Gasteiger partial charge in [0.05, 0.1) is 13.2 Å². The van der Waals surface area contributed by atoms with Crippen LogP contribution in [0.3, 0.4) is 0 Å². The van der Waals surface area contributed by atoms with E-state index in [2.05, 4.69) is 40.2 Å². The van der Waals surface area contributed by atoms with E-state index in [-0.39, 0.29) is 24.5 Å². The highest BCUT2D eigenvalue weighted by Gasteiger charge is 2.29. The number of carbonyl (C=O) groups is 3. The molecule has 34 heavy (non-hydrogen) atoms. The van der Waals surface area contributed by atoms with E-state index in [1.165, 1.54) is 18.2 Å². The van der Waals surface area contributed by atoms with Gasteiger partial charge in [0, 0.05) is 12.5 Å². The molecule has 0 aromatic heterocycles. The third-order valence-corrected chi connectivity index (χ3v) is 6.46. The monoisotopic (exact) mass is 465 g/mol. The van der Waals surface area contributed by atoms with Crippen molar-refractivity contribution in [2.75, 3.05) is 26.8 Å². The van der Waals surface area contributed by atoms with E-state index >= 15 is 0 Å². The average molecular weight is 466 g/mol. The summed E-state index contributed by atoms with van der Waals surface area (Å²) < 4.78 is 10.3. The number of nitrogens with one attached hydrogen (secondary N) is 3. The molecule has 8 nitrogen and oxygen atoms in total. The summed E-state index contributed by atoms with van der Waals surface area (Å²) in [6.07, 6.45) is 2.03. The first-order valence-electron chi connectivity index (χ1n) is 11.8. The lowest BCUT2D eigenvalue weighted by Gasteiger charge is -2.19. The van der Waals surface area contributed by atoms with Crippen molar-refractivity contribution >= 4 is 18.0 Å². The topological polar surface area (TPSA) is 106 Å². The lowest BCUT2D eigenvalue weighted by atomic mass is 9.98. The van der Waals surface area contributed by atoms with E-state index in [0.717, 1.165) is 30.5 Å². The van der Waals surface area contributed by atoms with Gasteiger partial charge in [0.2, 0.25) is 5.91 Å². The average Bonchev–Trinajstić information content (AvgIpc) is 3.51. The van der Waals surface area contributed by atoms with Crippen LogP contribution in [0.25, 0.3) is 11.1 Å². The standard InChI is InChI=1S/C26H31N3O5/c1-33-25(31)23(29-24(30)22-12-6-14-27-22)13-7-15-28-26(32)34-16-21-19-10-4-2-8-17(19)18-9-3-5-11-20(18)21/h2-5,8-11,21-23,27H,6-7,12-16H2,1H3,(H,28,32)(H,29,30)/t22-,23?/m0/s1. The Morgan fingerprint density at radius 3 is 2.35 bits per heavy atom. The fourth-order valence-electron chi connectivity index (χ4n) is 4.72. The van der Waals surface area contributed by atoms with E-state index < -0.39 is 18.1 Å². The van der Waals surface area contributed by atoms with E-state index in [1.54, 1.807) is 0 Å². The molecule has 2 atom stereocenters. The number of rotatable bonds is 9. The van der Waals surface area contributed by atoms with Crippen molar-refractivity contribution in [2.24, 2.45) is 0 Å².